The van der Waals surface area contributed by atoms with Gasteiger partial charge in [0.1, 0.15) is 5.75 Å². The summed E-state index contributed by atoms with van der Waals surface area (Å²) in [6.45, 7) is 2.28. The van der Waals surface area contributed by atoms with Gasteiger partial charge in [-0.25, -0.2) is 0 Å². The van der Waals surface area contributed by atoms with E-state index in [9.17, 15) is 4.79 Å². The second-order valence-electron chi connectivity index (χ2n) is 6.48. The van der Waals surface area contributed by atoms with E-state index in [-0.39, 0.29) is 24.4 Å². The third kappa shape index (κ3) is 3.95. The summed E-state index contributed by atoms with van der Waals surface area (Å²) >= 11 is 1.70. The van der Waals surface area contributed by atoms with Gasteiger partial charge in [-0.15, -0.1) is 23.7 Å². The van der Waals surface area contributed by atoms with Crippen molar-refractivity contribution in [2.45, 2.75) is 12.5 Å². The van der Waals surface area contributed by atoms with Gasteiger partial charge in [0.05, 0.1) is 19.6 Å². The monoisotopic (exact) mass is 402 g/mol. The largest absolute Gasteiger partial charge is 0.496 e. The molecule has 1 aliphatic rings. The van der Waals surface area contributed by atoms with Gasteiger partial charge in [-0.2, -0.15) is 0 Å². The SMILES string of the molecule is COc1ccccc1C1CNCCN1C(=O)Cc1csc2ccccc12.Cl. The summed E-state index contributed by atoms with van der Waals surface area (Å²) in [6, 6.07) is 16.3. The lowest BCUT2D eigenvalue weighted by atomic mass is 10.0. The Labute approximate surface area is 169 Å². The molecule has 0 saturated carbocycles. The van der Waals surface area contributed by atoms with Gasteiger partial charge in [0.2, 0.25) is 5.91 Å². The van der Waals surface area contributed by atoms with E-state index in [0.717, 1.165) is 30.0 Å². The Balaban J connectivity index is 0.00000210. The minimum absolute atomic E-state index is 0. The maximum atomic E-state index is 13.2. The van der Waals surface area contributed by atoms with Crippen molar-refractivity contribution in [2.75, 3.05) is 26.7 Å². The van der Waals surface area contributed by atoms with E-state index >= 15 is 0 Å². The normalized spacial score (nSPS) is 16.8. The van der Waals surface area contributed by atoms with Gasteiger partial charge in [-0.05, 0) is 28.5 Å². The number of rotatable bonds is 4. The molecule has 142 valence electrons. The first kappa shape index (κ1) is 19.7. The molecular formula is C21H23ClN2O2S. The molecular weight excluding hydrogens is 380 g/mol. The number of amides is 1. The molecule has 1 aromatic heterocycles. The van der Waals surface area contributed by atoms with Crippen molar-refractivity contribution in [1.82, 2.24) is 10.2 Å². The van der Waals surface area contributed by atoms with E-state index in [0.29, 0.717) is 13.0 Å². The van der Waals surface area contributed by atoms with E-state index in [2.05, 4.69) is 28.9 Å². The number of thiophene rings is 1. The summed E-state index contributed by atoms with van der Waals surface area (Å²) in [7, 11) is 1.68. The van der Waals surface area contributed by atoms with Crippen molar-refractivity contribution in [3.63, 3.8) is 0 Å². The number of nitrogens with zero attached hydrogens (tertiary/aromatic N) is 1. The average Bonchev–Trinajstić information content (AvgIpc) is 3.11. The Morgan fingerprint density at radius 1 is 1.22 bits per heavy atom. The van der Waals surface area contributed by atoms with Crippen LogP contribution in [0.25, 0.3) is 10.1 Å². The summed E-state index contributed by atoms with van der Waals surface area (Å²) in [4.78, 5) is 15.2. The summed E-state index contributed by atoms with van der Waals surface area (Å²) in [5, 5.41) is 6.71. The summed E-state index contributed by atoms with van der Waals surface area (Å²) < 4.78 is 6.76. The Hall–Kier alpha value is -2.08. The van der Waals surface area contributed by atoms with Gasteiger partial charge in [-0.1, -0.05) is 36.4 Å². The molecule has 0 bridgehead atoms. The lowest BCUT2D eigenvalue weighted by Gasteiger charge is -2.37. The van der Waals surface area contributed by atoms with Crippen LogP contribution in [0.3, 0.4) is 0 Å². The van der Waals surface area contributed by atoms with Crippen molar-refractivity contribution in [3.05, 3.63) is 65.0 Å². The Bertz CT molecular complexity index is 927. The molecule has 0 aliphatic carbocycles. The summed E-state index contributed by atoms with van der Waals surface area (Å²) in [5.74, 6) is 1.01. The van der Waals surface area contributed by atoms with Crippen LogP contribution in [0.15, 0.2) is 53.9 Å². The van der Waals surface area contributed by atoms with Crippen molar-refractivity contribution in [2.24, 2.45) is 0 Å². The van der Waals surface area contributed by atoms with E-state index in [1.54, 1.807) is 18.4 Å². The molecule has 1 fully saturated rings. The molecule has 1 unspecified atom stereocenters. The van der Waals surface area contributed by atoms with Crippen LogP contribution in [0.1, 0.15) is 17.2 Å². The maximum absolute atomic E-state index is 13.2. The van der Waals surface area contributed by atoms with Crippen molar-refractivity contribution in [3.8, 4) is 5.75 Å². The number of halogens is 1. The van der Waals surface area contributed by atoms with E-state index in [1.807, 2.05) is 35.2 Å². The number of nitrogens with one attached hydrogen (secondary N) is 1. The highest BCUT2D eigenvalue weighted by molar-refractivity contribution is 7.17. The number of carbonyl (C=O) groups excluding carboxylic acids is 1. The van der Waals surface area contributed by atoms with Crippen LogP contribution in [-0.4, -0.2) is 37.6 Å². The number of hydrogen-bond donors (Lipinski definition) is 1. The van der Waals surface area contributed by atoms with E-state index in [1.165, 1.54) is 10.1 Å². The van der Waals surface area contributed by atoms with E-state index < -0.39 is 0 Å². The number of hydrogen-bond acceptors (Lipinski definition) is 4. The predicted molar refractivity (Wildman–Crippen MR) is 113 cm³/mol. The molecule has 4 rings (SSSR count). The standard InChI is InChI=1S/C21H22N2O2S.ClH/c1-25-19-8-4-2-7-17(19)18-13-22-10-11-23(18)21(24)12-15-14-26-20-9-5-3-6-16(15)20;/h2-9,14,18,22H,10-13H2,1H3;1H. The van der Waals surface area contributed by atoms with Crippen molar-refractivity contribution < 1.29 is 9.53 Å². The minimum atomic E-state index is -0.00250. The van der Waals surface area contributed by atoms with Crippen LogP contribution in [0.5, 0.6) is 5.75 Å². The van der Waals surface area contributed by atoms with Gasteiger partial charge >= 0.3 is 0 Å². The van der Waals surface area contributed by atoms with Crippen LogP contribution >= 0.6 is 23.7 Å². The zero-order chi connectivity index (χ0) is 17.9. The fourth-order valence-electron chi connectivity index (χ4n) is 3.66. The number of ether oxygens (including phenoxy) is 1. The Morgan fingerprint density at radius 3 is 2.85 bits per heavy atom. The van der Waals surface area contributed by atoms with Crippen molar-refractivity contribution in [1.29, 1.82) is 0 Å². The molecule has 27 heavy (non-hydrogen) atoms. The minimum Gasteiger partial charge on any atom is -0.496 e. The number of methoxy groups -OCH3 is 1. The fourth-order valence-corrected chi connectivity index (χ4v) is 4.62. The van der Waals surface area contributed by atoms with Gasteiger partial charge in [0.25, 0.3) is 0 Å². The second kappa shape index (κ2) is 8.74. The zero-order valence-corrected chi connectivity index (χ0v) is 16.8. The summed E-state index contributed by atoms with van der Waals surface area (Å²) in [6.07, 6.45) is 0.440. The molecule has 2 aromatic carbocycles. The Kier molecular flexibility index (Phi) is 6.37. The number of carbonyl (C=O) groups is 1. The van der Waals surface area contributed by atoms with Gasteiger partial charge < -0.3 is 15.0 Å². The number of para-hydroxylation sites is 1. The molecule has 1 N–H and O–H groups in total. The first-order valence-corrected chi connectivity index (χ1v) is 9.74. The molecule has 1 amide bonds. The first-order chi connectivity index (χ1) is 12.8. The third-order valence-corrected chi connectivity index (χ3v) is 5.98. The van der Waals surface area contributed by atoms with Crippen LogP contribution in [0.4, 0.5) is 0 Å². The third-order valence-electron chi connectivity index (χ3n) is 4.96. The van der Waals surface area contributed by atoms with Gasteiger partial charge in [-0.3, -0.25) is 4.79 Å². The molecule has 1 atom stereocenters. The molecule has 4 nitrogen and oxygen atoms in total. The first-order valence-electron chi connectivity index (χ1n) is 8.86. The number of fused-ring (bicyclic) bond motifs is 1. The molecule has 6 heteroatoms. The van der Waals surface area contributed by atoms with Gasteiger partial charge in [0, 0.05) is 29.9 Å². The Morgan fingerprint density at radius 2 is 2.00 bits per heavy atom. The highest BCUT2D eigenvalue weighted by Gasteiger charge is 2.30. The van der Waals surface area contributed by atoms with Gasteiger partial charge in [0.15, 0.2) is 0 Å². The topological polar surface area (TPSA) is 41.6 Å². The van der Waals surface area contributed by atoms with Crippen molar-refractivity contribution >= 4 is 39.7 Å². The number of benzene rings is 2. The highest BCUT2D eigenvalue weighted by Crippen LogP contribution is 2.32. The molecule has 3 aromatic rings. The van der Waals surface area contributed by atoms with Crippen LogP contribution in [0, 0.1) is 0 Å². The quantitative estimate of drug-likeness (QED) is 0.715. The highest BCUT2D eigenvalue weighted by atomic mass is 35.5. The lowest BCUT2D eigenvalue weighted by Crippen LogP contribution is -2.49. The van der Waals surface area contributed by atoms with E-state index in [4.69, 9.17) is 4.74 Å². The molecule has 0 spiro atoms. The fraction of sp³-hybridized carbons (Fsp3) is 0.286. The lowest BCUT2D eigenvalue weighted by molar-refractivity contribution is -0.133. The van der Waals surface area contributed by atoms with Crippen LogP contribution < -0.4 is 10.1 Å². The molecule has 1 aliphatic heterocycles. The average molecular weight is 403 g/mol. The van der Waals surface area contributed by atoms with Crippen LogP contribution in [0.2, 0.25) is 0 Å². The van der Waals surface area contributed by atoms with Crippen LogP contribution in [-0.2, 0) is 11.2 Å². The predicted octanol–water partition coefficient (Wildman–Crippen LogP) is 4.05. The number of piperazine rings is 1. The second-order valence-corrected chi connectivity index (χ2v) is 7.39. The maximum Gasteiger partial charge on any atom is 0.227 e. The zero-order valence-electron chi connectivity index (χ0n) is 15.2. The molecule has 1 saturated heterocycles. The smallest absolute Gasteiger partial charge is 0.227 e. The summed E-state index contributed by atoms with van der Waals surface area (Å²) in [5.41, 5.74) is 2.18. The molecule has 2 heterocycles. The molecule has 0 radical (unpaired) electrons.